The largest absolute Gasteiger partial charge is 0.483 e. The molecule has 0 spiro atoms. The molecule has 0 saturated heterocycles. The van der Waals surface area contributed by atoms with Crippen LogP contribution in [0.25, 0.3) is 0 Å². The number of aliphatic carboxylic acids is 3. The van der Waals surface area contributed by atoms with Gasteiger partial charge in [-0.15, -0.1) is 0 Å². The smallest absolute Gasteiger partial charge is 0.322 e. The van der Waals surface area contributed by atoms with Crippen LogP contribution in [0.4, 0.5) is 0 Å². The van der Waals surface area contributed by atoms with Gasteiger partial charge in [-0.05, 0) is 69.3 Å². The van der Waals surface area contributed by atoms with Gasteiger partial charge in [0.25, 0.3) is 17.7 Å². The number of fused-ring (bicyclic) bond motifs is 6. The SMILES string of the molecule is CC(C)(C)c1cc2c(OCC(=O)NCC(=O)O)c(c1)COCc1cc(C(C)(C)C)cc(c1OCC(=O)NCC(=O)O)COCc1cc(C(C)(C)C)cc(c1OCC(=O)NCC(=O)O)COC2. The van der Waals surface area contributed by atoms with Gasteiger partial charge in [-0.2, -0.15) is 0 Å². The van der Waals surface area contributed by atoms with Crippen LogP contribution in [0.5, 0.6) is 17.2 Å². The summed E-state index contributed by atoms with van der Waals surface area (Å²) in [5.74, 6) is -4.87. The molecule has 1 aliphatic rings. The molecule has 0 atom stereocenters. The summed E-state index contributed by atoms with van der Waals surface area (Å²) in [7, 11) is 0. The summed E-state index contributed by atoms with van der Waals surface area (Å²) in [6.45, 7) is 14.6. The minimum Gasteiger partial charge on any atom is -0.483 e. The number of carboxylic acids is 3. The van der Waals surface area contributed by atoms with E-state index in [1.807, 2.05) is 98.7 Å². The van der Waals surface area contributed by atoms with Crippen LogP contribution < -0.4 is 30.2 Å². The predicted molar refractivity (Wildman–Crippen MR) is 239 cm³/mol. The minimum atomic E-state index is -1.22. The van der Waals surface area contributed by atoms with Gasteiger partial charge in [-0.25, -0.2) is 0 Å². The molecule has 360 valence electrons. The Morgan fingerprint density at radius 3 is 0.788 bits per heavy atom. The lowest BCUT2D eigenvalue weighted by molar-refractivity contribution is -0.138. The van der Waals surface area contributed by atoms with Crippen molar-refractivity contribution in [2.45, 2.75) is 118 Å². The van der Waals surface area contributed by atoms with Crippen LogP contribution in [0, 0.1) is 0 Å². The number of hydrogen-bond acceptors (Lipinski definition) is 12. The maximum absolute atomic E-state index is 12.8. The van der Waals surface area contributed by atoms with Crippen molar-refractivity contribution in [1.29, 1.82) is 0 Å². The minimum absolute atomic E-state index is 0.0496. The summed E-state index contributed by atoms with van der Waals surface area (Å²) in [5, 5.41) is 34.4. The molecule has 18 heteroatoms. The van der Waals surface area contributed by atoms with E-state index in [1.165, 1.54) is 0 Å². The second kappa shape index (κ2) is 22.8. The van der Waals surface area contributed by atoms with Crippen LogP contribution in [0.15, 0.2) is 36.4 Å². The maximum Gasteiger partial charge on any atom is 0.322 e. The molecule has 0 saturated carbocycles. The van der Waals surface area contributed by atoms with Gasteiger partial charge in [0, 0.05) is 33.4 Å². The van der Waals surface area contributed by atoms with E-state index in [1.54, 1.807) is 0 Å². The number of carbonyl (C=O) groups excluding carboxylic acids is 3. The molecule has 0 radical (unpaired) electrons. The number of hydrogen-bond donors (Lipinski definition) is 6. The summed E-state index contributed by atoms with van der Waals surface area (Å²) in [6.07, 6.45) is 0. The molecule has 1 aliphatic heterocycles. The lowest BCUT2D eigenvalue weighted by Gasteiger charge is -2.26. The molecule has 66 heavy (non-hydrogen) atoms. The van der Waals surface area contributed by atoms with Crippen LogP contribution >= 0.6 is 0 Å². The van der Waals surface area contributed by atoms with Crippen LogP contribution in [-0.4, -0.2) is 90.4 Å². The number of amides is 3. The fourth-order valence-electron chi connectivity index (χ4n) is 6.66. The quantitative estimate of drug-likeness (QED) is 0.120. The highest BCUT2D eigenvalue weighted by Gasteiger charge is 2.26. The number of carboxylic acid groups (broad SMARTS) is 3. The van der Waals surface area contributed by atoms with Gasteiger partial charge >= 0.3 is 17.9 Å². The summed E-state index contributed by atoms with van der Waals surface area (Å²) in [6, 6.07) is 11.4. The van der Waals surface area contributed by atoms with Gasteiger partial charge < -0.3 is 59.7 Å². The van der Waals surface area contributed by atoms with Crippen molar-refractivity contribution in [1.82, 2.24) is 16.0 Å². The number of benzene rings is 3. The Labute approximate surface area is 384 Å². The van der Waals surface area contributed by atoms with E-state index in [4.69, 9.17) is 43.7 Å². The van der Waals surface area contributed by atoms with Crippen LogP contribution in [0.3, 0.4) is 0 Å². The fourth-order valence-corrected chi connectivity index (χ4v) is 6.66. The van der Waals surface area contributed by atoms with Gasteiger partial charge in [0.15, 0.2) is 19.8 Å². The standard InChI is InChI=1S/C48H63N3O15/c1-46(2,3)34-10-28-19-61-21-30-12-35(47(4,5)6)14-32(44(30)65-26-38(53)50-17-41(57)58)23-63-24-33-15-36(48(7,8)9)13-31(45(33)66-27-39(54)51-18-42(59)60)22-62-20-29(11-34)43(28)64-25-37(52)49-16-40(55)56/h10-15H,16-27H2,1-9H3,(H,49,52)(H,50,53)(H,51,54)(H,55,56)(H,57,58)(H,59,60). The highest BCUT2D eigenvalue weighted by Crippen LogP contribution is 2.38. The van der Waals surface area contributed by atoms with Crippen molar-refractivity contribution in [2.24, 2.45) is 0 Å². The lowest BCUT2D eigenvalue weighted by Crippen LogP contribution is -2.33. The molecule has 18 nitrogen and oxygen atoms in total. The van der Waals surface area contributed by atoms with Crippen LogP contribution in [0.1, 0.15) is 112 Å². The molecule has 6 N–H and O–H groups in total. The summed E-state index contributed by atoms with van der Waals surface area (Å²) in [5.41, 5.74) is 4.76. The fraction of sp³-hybridized carbons (Fsp3) is 0.500. The van der Waals surface area contributed by atoms with Crippen molar-refractivity contribution < 1.29 is 72.5 Å². The van der Waals surface area contributed by atoms with Crippen LogP contribution in [0.2, 0.25) is 0 Å². The van der Waals surface area contributed by atoms with E-state index in [-0.39, 0.29) is 56.9 Å². The molecule has 4 rings (SSSR count). The van der Waals surface area contributed by atoms with Gasteiger partial charge in [0.05, 0.1) is 39.6 Å². The first-order chi connectivity index (χ1) is 30.8. The van der Waals surface area contributed by atoms with Crippen molar-refractivity contribution in [2.75, 3.05) is 39.5 Å². The molecule has 6 bridgehead atoms. The molecule has 0 fully saturated rings. The number of rotatable bonds is 15. The average molecular weight is 922 g/mol. The zero-order valence-electron chi connectivity index (χ0n) is 39.2. The second-order valence-electron chi connectivity index (χ2n) is 19.0. The van der Waals surface area contributed by atoms with E-state index >= 15 is 0 Å². The molecule has 3 aromatic rings. The highest BCUT2D eigenvalue weighted by molar-refractivity contribution is 5.83. The second-order valence-corrected chi connectivity index (χ2v) is 19.0. The Kier molecular flexibility index (Phi) is 18.1. The molecule has 3 amide bonds. The Morgan fingerprint density at radius 2 is 0.621 bits per heavy atom. The first-order valence-electron chi connectivity index (χ1n) is 21.4. The van der Waals surface area contributed by atoms with E-state index < -0.39 is 91.3 Å². The first kappa shape index (κ1) is 52.4. The Bertz CT molecular complexity index is 1940. The third-order valence-corrected chi connectivity index (χ3v) is 10.2. The normalized spacial score (nSPS) is 13.6. The molecule has 0 aromatic heterocycles. The molecule has 3 aromatic carbocycles. The predicted octanol–water partition coefficient (Wildman–Crippen LogP) is 4.78. The summed E-state index contributed by atoms with van der Waals surface area (Å²) < 4.78 is 37.9. The molecular weight excluding hydrogens is 859 g/mol. The van der Waals surface area contributed by atoms with Crippen molar-refractivity contribution in [3.8, 4) is 17.2 Å². The summed E-state index contributed by atoms with van der Waals surface area (Å²) >= 11 is 0. The third kappa shape index (κ3) is 16.0. The van der Waals surface area contributed by atoms with Crippen LogP contribution in [-0.2, 0) is 98.9 Å². The van der Waals surface area contributed by atoms with E-state index in [9.17, 15) is 28.8 Å². The summed E-state index contributed by atoms with van der Waals surface area (Å²) in [4.78, 5) is 72.1. The topological polar surface area (TPSA) is 255 Å². The van der Waals surface area contributed by atoms with E-state index in [2.05, 4.69) is 16.0 Å². The van der Waals surface area contributed by atoms with Crippen molar-refractivity contribution >= 4 is 35.6 Å². The first-order valence-corrected chi connectivity index (χ1v) is 21.4. The zero-order chi connectivity index (χ0) is 49.0. The number of nitrogens with one attached hydrogen (secondary N) is 3. The van der Waals surface area contributed by atoms with Gasteiger partial charge in [-0.3, -0.25) is 28.8 Å². The van der Waals surface area contributed by atoms with Gasteiger partial charge in [-0.1, -0.05) is 62.3 Å². The van der Waals surface area contributed by atoms with Crippen molar-refractivity contribution in [3.05, 3.63) is 86.5 Å². The number of ether oxygens (including phenoxy) is 6. The monoisotopic (exact) mass is 921 g/mol. The van der Waals surface area contributed by atoms with E-state index in [0.29, 0.717) is 33.4 Å². The highest BCUT2D eigenvalue weighted by atomic mass is 16.5. The van der Waals surface area contributed by atoms with Gasteiger partial charge in [0.1, 0.15) is 36.9 Å². The van der Waals surface area contributed by atoms with Gasteiger partial charge in [0.2, 0.25) is 0 Å². The Hall–Kier alpha value is -6.24. The Balaban J connectivity index is 1.96. The third-order valence-electron chi connectivity index (χ3n) is 10.2. The zero-order valence-corrected chi connectivity index (χ0v) is 39.2. The Morgan fingerprint density at radius 1 is 0.424 bits per heavy atom. The average Bonchev–Trinajstić information content (AvgIpc) is 3.21. The molecule has 1 heterocycles. The maximum atomic E-state index is 12.8. The number of carbonyl (C=O) groups is 6. The molecule has 0 unspecified atom stereocenters. The van der Waals surface area contributed by atoms with E-state index in [0.717, 1.165) is 16.7 Å². The molecule has 0 aliphatic carbocycles. The van der Waals surface area contributed by atoms with Crippen molar-refractivity contribution in [3.63, 3.8) is 0 Å². The lowest BCUT2D eigenvalue weighted by atomic mass is 9.84. The molecular formula is C48H63N3O15.